The number of hydrogen-bond acceptors (Lipinski definition) is 1. The first-order chi connectivity index (χ1) is 7.49. The lowest BCUT2D eigenvalue weighted by molar-refractivity contribution is -0.0498. The summed E-state index contributed by atoms with van der Waals surface area (Å²) in [6.45, 7) is 2.95. The molecule has 0 radical (unpaired) electrons. The average Bonchev–Trinajstić information content (AvgIpc) is 2.18. The Morgan fingerprint density at radius 3 is 2.31 bits per heavy atom. The Kier molecular flexibility index (Phi) is 7.27. The van der Waals surface area contributed by atoms with Crippen LogP contribution in [0.4, 0.5) is 8.78 Å². The van der Waals surface area contributed by atoms with Gasteiger partial charge in [-0.2, -0.15) is 8.78 Å². The molecule has 0 amide bonds. The Morgan fingerprint density at radius 2 is 1.88 bits per heavy atom. The van der Waals surface area contributed by atoms with Crippen molar-refractivity contribution in [1.82, 2.24) is 0 Å². The number of rotatable bonds is 3. The summed E-state index contributed by atoms with van der Waals surface area (Å²) in [5.74, 6) is 0.0556. The van der Waals surface area contributed by atoms with Crippen molar-refractivity contribution in [3.63, 3.8) is 0 Å². The molecule has 0 saturated heterocycles. The summed E-state index contributed by atoms with van der Waals surface area (Å²) < 4.78 is 28.0. The Labute approximate surface area is 102 Å². The van der Waals surface area contributed by atoms with E-state index in [1.54, 1.807) is 13.0 Å². The zero-order chi connectivity index (χ0) is 12.7. The maximum atomic E-state index is 11.9. The summed E-state index contributed by atoms with van der Waals surface area (Å²) >= 11 is 5.72. The van der Waals surface area contributed by atoms with Crippen LogP contribution in [-0.2, 0) is 0 Å². The van der Waals surface area contributed by atoms with E-state index in [-0.39, 0.29) is 5.75 Å². The van der Waals surface area contributed by atoms with Crippen LogP contribution in [0.25, 0.3) is 0 Å². The van der Waals surface area contributed by atoms with E-state index >= 15 is 0 Å². The van der Waals surface area contributed by atoms with Crippen LogP contribution in [0, 0.1) is 0 Å². The molecule has 1 rings (SSSR count). The lowest BCUT2D eigenvalue weighted by Crippen LogP contribution is -2.02. The van der Waals surface area contributed by atoms with Gasteiger partial charge in [-0.3, -0.25) is 0 Å². The fraction of sp³-hybridized carbons (Fsp3) is 0.364. The van der Waals surface area contributed by atoms with Crippen molar-refractivity contribution < 1.29 is 13.5 Å². The van der Waals surface area contributed by atoms with Gasteiger partial charge in [-0.1, -0.05) is 25.4 Å². The van der Waals surface area contributed by atoms with Gasteiger partial charge in [0.05, 0.1) is 0 Å². The molecule has 90 valence electrons. The highest BCUT2D eigenvalue weighted by Gasteiger charge is 2.06. The highest BCUT2D eigenvalue weighted by molar-refractivity contribution is 7.22. The first kappa shape index (κ1) is 15.3. The fourth-order valence-electron chi connectivity index (χ4n) is 0.950. The third-order valence-electron chi connectivity index (χ3n) is 1.53. The summed E-state index contributed by atoms with van der Waals surface area (Å²) in [7, 11) is 3.28. The van der Waals surface area contributed by atoms with E-state index < -0.39 is 6.61 Å². The number of benzene rings is 1. The van der Waals surface area contributed by atoms with Gasteiger partial charge in [-0.15, -0.1) is 8.86 Å². The Bertz CT molecular complexity index is 356. The predicted octanol–water partition coefficient (Wildman–Crippen LogP) is 4.65. The minimum atomic E-state index is -2.84. The SMILES string of the molecule is CC.CC(=P)c1cc(Cl)cc(OC(F)F)c1. The van der Waals surface area contributed by atoms with Crippen LogP contribution in [0.2, 0.25) is 5.02 Å². The minimum Gasteiger partial charge on any atom is -0.435 e. The highest BCUT2D eigenvalue weighted by Crippen LogP contribution is 2.23. The van der Waals surface area contributed by atoms with Gasteiger partial charge in [0.15, 0.2) is 0 Å². The van der Waals surface area contributed by atoms with Crippen molar-refractivity contribution in [3.05, 3.63) is 28.8 Å². The van der Waals surface area contributed by atoms with E-state index in [1.165, 1.54) is 12.1 Å². The lowest BCUT2D eigenvalue weighted by Gasteiger charge is -2.07. The second-order valence-electron chi connectivity index (χ2n) is 2.68. The zero-order valence-electron chi connectivity index (χ0n) is 9.35. The molecular formula is C11H14ClF2OP. The van der Waals surface area contributed by atoms with Gasteiger partial charge in [0.2, 0.25) is 0 Å². The average molecular weight is 267 g/mol. The van der Waals surface area contributed by atoms with E-state index in [2.05, 4.69) is 13.6 Å². The molecule has 0 fully saturated rings. The molecule has 0 aliphatic rings. The molecule has 1 nitrogen and oxygen atoms in total. The second kappa shape index (κ2) is 7.59. The van der Waals surface area contributed by atoms with Crippen LogP contribution in [0.3, 0.4) is 0 Å². The van der Waals surface area contributed by atoms with Crippen molar-refractivity contribution in [3.8, 4) is 5.75 Å². The van der Waals surface area contributed by atoms with Crippen LogP contribution >= 0.6 is 20.5 Å². The maximum absolute atomic E-state index is 11.9. The summed E-state index contributed by atoms with van der Waals surface area (Å²) in [6.07, 6.45) is 0. The molecule has 1 aromatic carbocycles. The van der Waals surface area contributed by atoms with Crippen molar-refractivity contribution in [2.45, 2.75) is 27.4 Å². The molecule has 0 aromatic heterocycles. The molecule has 0 aliphatic heterocycles. The van der Waals surface area contributed by atoms with Crippen LogP contribution < -0.4 is 4.74 Å². The van der Waals surface area contributed by atoms with E-state index in [1.807, 2.05) is 13.8 Å². The molecule has 0 N–H and O–H groups in total. The Hall–Kier alpha value is -0.660. The summed E-state index contributed by atoms with van der Waals surface area (Å²) in [5, 5.41) is 1.15. The molecule has 0 unspecified atom stereocenters. The zero-order valence-corrected chi connectivity index (χ0v) is 11.1. The molecule has 0 bridgehead atoms. The van der Waals surface area contributed by atoms with Crippen molar-refractivity contribution in [1.29, 1.82) is 0 Å². The van der Waals surface area contributed by atoms with E-state index in [0.29, 0.717) is 10.6 Å². The largest absolute Gasteiger partial charge is 0.435 e. The first-order valence-electron chi connectivity index (χ1n) is 4.80. The molecule has 0 saturated carbocycles. The summed E-state index contributed by atoms with van der Waals surface area (Å²) in [5.41, 5.74) is 0.713. The minimum absolute atomic E-state index is 0.0556. The van der Waals surface area contributed by atoms with Crippen LogP contribution in [0.1, 0.15) is 26.3 Å². The van der Waals surface area contributed by atoms with E-state index in [0.717, 1.165) is 5.29 Å². The number of halogens is 3. The molecule has 5 heteroatoms. The van der Waals surface area contributed by atoms with Crippen molar-refractivity contribution in [2.75, 3.05) is 0 Å². The lowest BCUT2D eigenvalue weighted by atomic mass is 10.1. The third-order valence-corrected chi connectivity index (χ3v) is 2.04. The second-order valence-corrected chi connectivity index (χ2v) is 3.87. The smallest absolute Gasteiger partial charge is 0.387 e. The van der Waals surface area contributed by atoms with Gasteiger partial charge >= 0.3 is 6.61 Å². The number of hydrogen-bond donors (Lipinski definition) is 0. The number of alkyl halides is 2. The van der Waals surface area contributed by atoms with Crippen molar-refractivity contribution in [2.24, 2.45) is 0 Å². The van der Waals surface area contributed by atoms with Gasteiger partial charge < -0.3 is 4.74 Å². The predicted molar refractivity (Wildman–Crippen MR) is 67.5 cm³/mol. The standard InChI is InChI=1S/C9H8ClF2OP.C2H6/c1-5(14)6-2-7(10)4-8(3-6)13-9(11)12;1-2/h2-4,9,14H,1H3;1-2H3. The molecule has 16 heavy (non-hydrogen) atoms. The maximum Gasteiger partial charge on any atom is 0.387 e. The molecule has 1 aromatic rings. The van der Waals surface area contributed by atoms with Gasteiger partial charge in [0.1, 0.15) is 5.75 Å². The molecule has 0 aliphatic carbocycles. The highest BCUT2D eigenvalue weighted by atomic mass is 35.5. The monoisotopic (exact) mass is 266 g/mol. The normalized spacial score (nSPS) is 9.44. The fourth-order valence-corrected chi connectivity index (χ4v) is 1.32. The first-order valence-corrected chi connectivity index (χ1v) is 5.68. The van der Waals surface area contributed by atoms with Gasteiger partial charge in [-0.25, -0.2) is 0 Å². The van der Waals surface area contributed by atoms with Crippen LogP contribution in [0.15, 0.2) is 18.2 Å². The number of ether oxygens (including phenoxy) is 1. The molecule has 0 spiro atoms. The topological polar surface area (TPSA) is 9.23 Å². The van der Waals surface area contributed by atoms with Gasteiger partial charge in [0.25, 0.3) is 0 Å². The van der Waals surface area contributed by atoms with E-state index in [4.69, 9.17) is 11.6 Å². The quantitative estimate of drug-likeness (QED) is 0.724. The third kappa shape index (κ3) is 5.43. The van der Waals surface area contributed by atoms with Gasteiger partial charge in [0, 0.05) is 5.02 Å². The van der Waals surface area contributed by atoms with Crippen molar-refractivity contribution >= 4 is 25.8 Å². The molecule has 0 heterocycles. The Balaban J connectivity index is 0.00000106. The van der Waals surface area contributed by atoms with E-state index in [9.17, 15) is 8.78 Å². The summed E-state index contributed by atoms with van der Waals surface area (Å²) in [4.78, 5) is 0. The van der Waals surface area contributed by atoms with Crippen LogP contribution in [-0.4, -0.2) is 11.9 Å². The van der Waals surface area contributed by atoms with Gasteiger partial charge in [-0.05, 0) is 36.0 Å². The molecular weight excluding hydrogens is 253 g/mol. The van der Waals surface area contributed by atoms with Crippen LogP contribution in [0.5, 0.6) is 5.75 Å². The Morgan fingerprint density at radius 1 is 1.31 bits per heavy atom. The summed E-state index contributed by atoms with van der Waals surface area (Å²) in [6, 6.07) is 4.48. The molecule has 0 atom stereocenters.